The third kappa shape index (κ3) is 1.59. The molecule has 0 fully saturated rings. The van der Waals surface area contributed by atoms with E-state index < -0.39 is 12.0 Å². The Balaban J connectivity index is 2.55. The van der Waals surface area contributed by atoms with Crippen LogP contribution in [-0.4, -0.2) is 23.1 Å². The number of carboxylic acids is 1. The van der Waals surface area contributed by atoms with Crippen molar-refractivity contribution in [3.8, 4) is 0 Å². The molecule has 4 heteroatoms. The molecule has 1 atom stereocenters. The summed E-state index contributed by atoms with van der Waals surface area (Å²) >= 11 is 0. The molecule has 1 aromatic carbocycles. The summed E-state index contributed by atoms with van der Waals surface area (Å²) in [6, 6.07) is 6.98. The number of aromatic amines is 1. The fraction of sp³-hybridized carbons (Fsp3) is 0.182. The lowest BCUT2D eigenvalue weighted by Crippen LogP contribution is -2.24. The molecule has 0 saturated heterocycles. The van der Waals surface area contributed by atoms with Gasteiger partial charge in [0.1, 0.15) is 6.04 Å². The van der Waals surface area contributed by atoms with E-state index in [9.17, 15) is 4.79 Å². The van der Waals surface area contributed by atoms with Gasteiger partial charge in [-0.05, 0) is 13.1 Å². The van der Waals surface area contributed by atoms with Gasteiger partial charge >= 0.3 is 5.97 Å². The predicted molar refractivity (Wildman–Crippen MR) is 57.7 cm³/mol. The number of H-pyrrole nitrogens is 1. The van der Waals surface area contributed by atoms with Crippen molar-refractivity contribution in [3.05, 3.63) is 36.0 Å². The van der Waals surface area contributed by atoms with Crippen LogP contribution in [0.5, 0.6) is 0 Å². The van der Waals surface area contributed by atoms with Gasteiger partial charge in [-0.2, -0.15) is 0 Å². The van der Waals surface area contributed by atoms with Crippen LogP contribution >= 0.6 is 0 Å². The number of fused-ring (bicyclic) bond motifs is 1. The Hall–Kier alpha value is -1.81. The summed E-state index contributed by atoms with van der Waals surface area (Å²) in [4.78, 5) is 14.1. The van der Waals surface area contributed by atoms with Crippen molar-refractivity contribution in [2.75, 3.05) is 7.05 Å². The van der Waals surface area contributed by atoms with Crippen LogP contribution in [0.2, 0.25) is 0 Å². The monoisotopic (exact) mass is 204 g/mol. The summed E-state index contributed by atoms with van der Waals surface area (Å²) in [6.45, 7) is 0. The van der Waals surface area contributed by atoms with Crippen LogP contribution < -0.4 is 5.32 Å². The van der Waals surface area contributed by atoms with Gasteiger partial charge in [-0.3, -0.25) is 4.79 Å². The van der Waals surface area contributed by atoms with Crippen molar-refractivity contribution in [1.82, 2.24) is 10.3 Å². The first kappa shape index (κ1) is 9.73. The van der Waals surface area contributed by atoms with E-state index in [1.54, 1.807) is 13.2 Å². The molecule has 0 aliphatic rings. The van der Waals surface area contributed by atoms with E-state index in [2.05, 4.69) is 10.3 Å². The summed E-state index contributed by atoms with van der Waals surface area (Å²) in [6.07, 6.45) is 1.74. The molecule has 2 aromatic rings. The quantitative estimate of drug-likeness (QED) is 0.710. The highest BCUT2D eigenvalue weighted by molar-refractivity contribution is 5.89. The molecule has 1 unspecified atom stereocenters. The molecule has 4 nitrogen and oxygen atoms in total. The SMILES string of the molecule is CNC(C(=O)O)c1c[nH]c2ccccc12. The Morgan fingerprint density at radius 3 is 2.87 bits per heavy atom. The molecule has 0 spiro atoms. The standard InChI is InChI=1S/C11H12N2O2/c1-12-10(11(14)15)8-6-13-9-5-3-2-4-7(8)9/h2-6,10,12-13H,1H3,(H,14,15). The largest absolute Gasteiger partial charge is 0.480 e. The molecule has 1 heterocycles. The zero-order chi connectivity index (χ0) is 10.8. The van der Waals surface area contributed by atoms with Gasteiger partial charge in [0.05, 0.1) is 0 Å². The molecule has 15 heavy (non-hydrogen) atoms. The maximum Gasteiger partial charge on any atom is 0.325 e. The molecule has 2 rings (SSSR count). The molecule has 0 amide bonds. The lowest BCUT2D eigenvalue weighted by atomic mass is 10.1. The average Bonchev–Trinajstić information content (AvgIpc) is 2.63. The van der Waals surface area contributed by atoms with Crippen molar-refractivity contribution in [2.45, 2.75) is 6.04 Å². The van der Waals surface area contributed by atoms with Crippen LogP contribution in [0.1, 0.15) is 11.6 Å². The molecule has 78 valence electrons. The third-order valence-electron chi connectivity index (χ3n) is 2.47. The van der Waals surface area contributed by atoms with Crippen molar-refractivity contribution in [3.63, 3.8) is 0 Å². The van der Waals surface area contributed by atoms with Gasteiger partial charge in [-0.25, -0.2) is 0 Å². The summed E-state index contributed by atoms with van der Waals surface area (Å²) in [7, 11) is 1.64. The average molecular weight is 204 g/mol. The first-order valence-corrected chi connectivity index (χ1v) is 4.70. The minimum absolute atomic E-state index is 0.666. The zero-order valence-corrected chi connectivity index (χ0v) is 8.32. The Morgan fingerprint density at radius 2 is 2.20 bits per heavy atom. The first-order chi connectivity index (χ1) is 7.24. The van der Waals surface area contributed by atoms with Gasteiger partial charge in [0.15, 0.2) is 0 Å². The van der Waals surface area contributed by atoms with E-state index in [1.807, 2.05) is 24.3 Å². The molecule has 0 saturated carbocycles. The Morgan fingerprint density at radius 1 is 1.47 bits per heavy atom. The van der Waals surface area contributed by atoms with Crippen molar-refractivity contribution in [2.24, 2.45) is 0 Å². The Bertz CT molecular complexity index is 490. The van der Waals surface area contributed by atoms with E-state index in [1.165, 1.54) is 0 Å². The van der Waals surface area contributed by atoms with E-state index >= 15 is 0 Å². The minimum Gasteiger partial charge on any atom is -0.480 e. The second-order valence-electron chi connectivity index (χ2n) is 3.35. The highest BCUT2D eigenvalue weighted by atomic mass is 16.4. The molecule has 0 aliphatic heterocycles. The number of aliphatic carboxylic acids is 1. The van der Waals surface area contributed by atoms with Gasteiger partial charge in [-0.15, -0.1) is 0 Å². The first-order valence-electron chi connectivity index (χ1n) is 4.70. The summed E-state index contributed by atoms with van der Waals surface area (Å²) in [5.74, 6) is -0.873. The minimum atomic E-state index is -0.873. The van der Waals surface area contributed by atoms with E-state index in [0.29, 0.717) is 0 Å². The van der Waals surface area contributed by atoms with Gasteiger partial charge in [0.25, 0.3) is 0 Å². The molecular weight excluding hydrogens is 192 g/mol. The summed E-state index contributed by atoms with van der Waals surface area (Å²) in [5, 5.41) is 12.7. The van der Waals surface area contributed by atoms with Crippen LogP contribution in [0, 0.1) is 0 Å². The Kier molecular flexibility index (Phi) is 2.43. The van der Waals surface area contributed by atoms with Gasteiger partial charge in [0, 0.05) is 22.7 Å². The number of rotatable bonds is 3. The second kappa shape index (κ2) is 3.74. The summed E-state index contributed by atoms with van der Waals surface area (Å²) < 4.78 is 0. The number of hydrogen-bond acceptors (Lipinski definition) is 2. The van der Waals surface area contributed by atoms with E-state index in [-0.39, 0.29) is 0 Å². The lowest BCUT2D eigenvalue weighted by Gasteiger charge is -2.09. The fourth-order valence-electron chi connectivity index (χ4n) is 1.74. The van der Waals surface area contributed by atoms with Crippen LogP contribution in [0.15, 0.2) is 30.5 Å². The van der Waals surface area contributed by atoms with Gasteiger partial charge in [0.2, 0.25) is 0 Å². The van der Waals surface area contributed by atoms with E-state index in [0.717, 1.165) is 16.5 Å². The molecule has 3 N–H and O–H groups in total. The van der Waals surface area contributed by atoms with Crippen molar-refractivity contribution >= 4 is 16.9 Å². The fourth-order valence-corrected chi connectivity index (χ4v) is 1.74. The smallest absolute Gasteiger partial charge is 0.325 e. The van der Waals surface area contributed by atoms with Crippen LogP contribution in [0.25, 0.3) is 10.9 Å². The molecule has 0 aliphatic carbocycles. The third-order valence-corrected chi connectivity index (χ3v) is 2.47. The number of benzene rings is 1. The highest BCUT2D eigenvalue weighted by Gasteiger charge is 2.20. The van der Waals surface area contributed by atoms with Crippen LogP contribution in [-0.2, 0) is 4.79 Å². The molecule has 0 radical (unpaired) electrons. The van der Waals surface area contributed by atoms with Gasteiger partial charge < -0.3 is 15.4 Å². The van der Waals surface area contributed by atoms with E-state index in [4.69, 9.17) is 5.11 Å². The lowest BCUT2D eigenvalue weighted by molar-refractivity contribution is -0.139. The maximum absolute atomic E-state index is 11.0. The van der Waals surface area contributed by atoms with Crippen molar-refractivity contribution < 1.29 is 9.90 Å². The zero-order valence-electron chi connectivity index (χ0n) is 8.32. The number of likely N-dealkylation sites (N-methyl/N-ethyl adjacent to an activating group) is 1. The van der Waals surface area contributed by atoms with Crippen LogP contribution in [0.4, 0.5) is 0 Å². The van der Waals surface area contributed by atoms with Gasteiger partial charge in [-0.1, -0.05) is 18.2 Å². The predicted octanol–water partition coefficient (Wildman–Crippen LogP) is 1.51. The normalized spacial score (nSPS) is 12.9. The molecule has 1 aromatic heterocycles. The van der Waals surface area contributed by atoms with Crippen LogP contribution in [0.3, 0.4) is 0 Å². The topological polar surface area (TPSA) is 65.1 Å². The number of aromatic nitrogens is 1. The maximum atomic E-state index is 11.0. The number of hydrogen-bond donors (Lipinski definition) is 3. The number of nitrogens with one attached hydrogen (secondary N) is 2. The number of carboxylic acid groups (broad SMARTS) is 1. The number of carbonyl (C=O) groups is 1. The second-order valence-corrected chi connectivity index (χ2v) is 3.35. The Labute approximate surface area is 86.9 Å². The van der Waals surface area contributed by atoms with Crippen molar-refractivity contribution in [1.29, 1.82) is 0 Å². The molecule has 0 bridgehead atoms. The number of para-hydroxylation sites is 1. The highest BCUT2D eigenvalue weighted by Crippen LogP contribution is 2.23. The molecular formula is C11H12N2O2. The summed E-state index contributed by atoms with van der Waals surface area (Å²) in [5.41, 5.74) is 1.72.